The number of phenolic OH excluding ortho intramolecular Hbond substituents is 2. The van der Waals surface area contributed by atoms with Crippen molar-refractivity contribution in [2.75, 3.05) is 0 Å². The Morgan fingerprint density at radius 1 is 0.473 bits per heavy atom. The van der Waals surface area contributed by atoms with E-state index in [2.05, 4.69) is 118 Å². The van der Waals surface area contributed by atoms with Crippen LogP contribution in [0.1, 0.15) is 195 Å². The monoisotopic (exact) mass is 753 g/mol. The van der Waals surface area contributed by atoms with Crippen LogP contribution in [0.15, 0.2) is 99.3 Å². The summed E-state index contributed by atoms with van der Waals surface area (Å²) >= 11 is 0. The van der Waals surface area contributed by atoms with Crippen LogP contribution < -0.4 is 0 Å². The first-order chi connectivity index (χ1) is 26.1. The van der Waals surface area contributed by atoms with Gasteiger partial charge >= 0.3 is 0 Å². The maximum atomic E-state index is 10.4. The molecule has 0 aliphatic heterocycles. The van der Waals surface area contributed by atoms with Gasteiger partial charge in [0, 0.05) is 5.56 Å². The van der Waals surface area contributed by atoms with E-state index >= 15 is 0 Å². The number of benzene rings is 1. The quantitative estimate of drug-likeness (QED) is 0.0694. The highest BCUT2D eigenvalue weighted by Gasteiger charge is 2.10. The van der Waals surface area contributed by atoms with Crippen molar-refractivity contribution in [3.63, 3.8) is 0 Å². The zero-order chi connectivity index (χ0) is 41.2. The van der Waals surface area contributed by atoms with E-state index in [4.69, 9.17) is 0 Å². The Morgan fingerprint density at radius 3 is 1.25 bits per heavy atom. The lowest BCUT2D eigenvalue weighted by atomic mass is 9.96. The Labute approximate surface area is 341 Å². The first-order valence-electron chi connectivity index (χ1n) is 21.8. The van der Waals surface area contributed by atoms with Crippen LogP contribution in [0.4, 0.5) is 0 Å². The maximum absolute atomic E-state index is 10.4. The predicted molar refractivity (Wildman–Crippen MR) is 246 cm³/mol. The summed E-state index contributed by atoms with van der Waals surface area (Å²) in [6, 6.07) is 1.70. The highest BCUT2D eigenvalue weighted by Crippen LogP contribution is 2.32. The number of hydrogen-bond donors (Lipinski definition) is 2. The normalized spacial score (nSPS) is 14.5. The fraction of sp³-hybridized carbons (Fsp3) is 0.585. The summed E-state index contributed by atoms with van der Waals surface area (Å²) in [4.78, 5) is 0. The zero-order valence-corrected chi connectivity index (χ0v) is 37.9. The Kier molecular flexibility index (Phi) is 26.3. The van der Waals surface area contributed by atoms with Crippen LogP contribution in [0.5, 0.6) is 11.5 Å². The van der Waals surface area contributed by atoms with Crippen LogP contribution in [0.25, 0.3) is 0 Å². The third-order valence-corrected chi connectivity index (χ3v) is 11.3. The molecule has 0 aliphatic rings. The van der Waals surface area contributed by atoms with Crippen molar-refractivity contribution in [1.82, 2.24) is 0 Å². The minimum atomic E-state index is 0.259. The van der Waals surface area contributed by atoms with Gasteiger partial charge in [-0.05, 0) is 208 Å². The molecule has 0 saturated heterocycles. The third-order valence-electron chi connectivity index (χ3n) is 11.3. The molecular weight excluding hydrogens is 669 g/mol. The van der Waals surface area contributed by atoms with Crippen LogP contribution in [0, 0.1) is 19.8 Å². The van der Waals surface area contributed by atoms with Crippen LogP contribution in [0.3, 0.4) is 0 Å². The summed E-state index contributed by atoms with van der Waals surface area (Å²) in [5.74, 6) is 1.33. The second-order valence-electron chi connectivity index (χ2n) is 17.3. The molecule has 1 atom stereocenters. The van der Waals surface area contributed by atoms with Crippen LogP contribution in [0.2, 0.25) is 0 Å². The first-order valence-corrected chi connectivity index (χ1v) is 21.8. The van der Waals surface area contributed by atoms with E-state index in [0.29, 0.717) is 12.2 Å². The molecule has 2 N–H and O–H groups in total. The van der Waals surface area contributed by atoms with Gasteiger partial charge in [0.25, 0.3) is 0 Å². The summed E-state index contributed by atoms with van der Waals surface area (Å²) in [6.07, 6.45) is 39.8. The summed E-state index contributed by atoms with van der Waals surface area (Å²) in [6.45, 7) is 26.4. The molecule has 0 bridgehead atoms. The van der Waals surface area contributed by atoms with Gasteiger partial charge in [-0.3, -0.25) is 0 Å². The van der Waals surface area contributed by atoms with E-state index in [1.807, 2.05) is 13.8 Å². The highest BCUT2D eigenvalue weighted by atomic mass is 16.3. The lowest BCUT2D eigenvalue weighted by molar-refractivity contribution is 0.448. The topological polar surface area (TPSA) is 40.5 Å². The molecule has 0 aliphatic carbocycles. The van der Waals surface area contributed by atoms with Crippen molar-refractivity contribution >= 4 is 0 Å². The van der Waals surface area contributed by atoms with E-state index in [-0.39, 0.29) is 5.75 Å². The van der Waals surface area contributed by atoms with Gasteiger partial charge < -0.3 is 10.2 Å². The van der Waals surface area contributed by atoms with Crippen molar-refractivity contribution in [3.8, 4) is 11.5 Å². The van der Waals surface area contributed by atoms with Gasteiger partial charge in [-0.25, -0.2) is 0 Å². The second kappa shape index (κ2) is 29.0. The molecule has 1 aromatic carbocycles. The summed E-state index contributed by atoms with van der Waals surface area (Å²) < 4.78 is 0. The fourth-order valence-corrected chi connectivity index (χ4v) is 6.91. The van der Waals surface area contributed by atoms with Gasteiger partial charge in [-0.1, -0.05) is 107 Å². The van der Waals surface area contributed by atoms with E-state index in [1.165, 1.54) is 115 Å². The van der Waals surface area contributed by atoms with E-state index in [9.17, 15) is 10.2 Å². The lowest BCUT2D eigenvalue weighted by Crippen LogP contribution is -1.95. The summed E-state index contributed by atoms with van der Waals surface area (Å²) in [7, 11) is 0. The SMILES string of the molecule is CC(C)=CCC/C(C)=C/CC/C(C)=C/CC/C(C)=C/CC/C(C)=C/CC/C(C)=C/CCC(C)CCC/C(C)=C/CC/C(C)=C/Cc1cc(O)c(C)c(C)c1O. The van der Waals surface area contributed by atoms with Gasteiger partial charge in [0.05, 0.1) is 0 Å². The Balaban J connectivity index is 2.23. The Hall–Kier alpha value is -3.26. The number of aromatic hydroxyl groups is 2. The number of hydrogen-bond acceptors (Lipinski definition) is 2. The zero-order valence-electron chi connectivity index (χ0n) is 37.9. The average Bonchev–Trinajstić information content (AvgIpc) is 3.11. The molecule has 0 radical (unpaired) electrons. The molecule has 308 valence electrons. The van der Waals surface area contributed by atoms with E-state index in [0.717, 1.165) is 61.1 Å². The van der Waals surface area contributed by atoms with E-state index < -0.39 is 0 Å². The van der Waals surface area contributed by atoms with Crippen LogP contribution >= 0.6 is 0 Å². The van der Waals surface area contributed by atoms with Gasteiger partial charge in [-0.15, -0.1) is 0 Å². The van der Waals surface area contributed by atoms with E-state index in [1.54, 1.807) is 6.07 Å². The highest BCUT2D eigenvalue weighted by molar-refractivity contribution is 5.51. The minimum Gasteiger partial charge on any atom is -0.508 e. The standard InChI is InChI=1S/C53H84O2/c1-40(2)21-13-22-41(3)23-14-24-42(4)25-15-26-43(5)27-16-28-44(6)29-17-30-45(7)31-18-32-46(8)33-19-34-47(9)35-20-36-48(10)37-38-51-39-52(54)49(11)50(12)53(51)55/h21,23,25,27,29,31,35,37,39,46,54-55H,13-20,22,24,26,28,30,32-34,36,38H2,1-12H3/b41-23+,42-25+,43-27+,44-29+,45-31+,47-35+,48-37+. The molecule has 2 heteroatoms. The molecule has 1 aromatic rings. The molecule has 0 spiro atoms. The maximum Gasteiger partial charge on any atom is 0.122 e. The fourth-order valence-electron chi connectivity index (χ4n) is 6.91. The molecule has 0 amide bonds. The second-order valence-corrected chi connectivity index (χ2v) is 17.3. The van der Waals surface area contributed by atoms with Crippen molar-refractivity contribution < 1.29 is 10.2 Å². The molecule has 1 unspecified atom stereocenters. The van der Waals surface area contributed by atoms with Gasteiger partial charge in [0.1, 0.15) is 11.5 Å². The largest absolute Gasteiger partial charge is 0.508 e. The molecule has 55 heavy (non-hydrogen) atoms. The minimum absolute atomic E-state index is 0.259. The van der Waals surface area contributed by atoms with Gasteiger partial charge in [0.2, 0.25) is 0 Å². The molecule has 0 aromatic heterocycles. The molecule has 0 heterocycles. The molecule has 0 saturated carbocycles. The van der Waals surface area contributed by atoms with Crippen molar-refractivity contribution in [1.29, 1.82) is 0 Å². The summed E-state index contributed by atoms with van der Waals surface area (Å²) in [5.41, 5.74) is 14.2. The first kappa shape index (κ1) is 49.8. The van der Waals surface area contributed by atoms with Crippen molar-refractivity contribution in [2.24, 2.45) is 5.92 Å². The smallest absolute Gasteiger partial charge is 0.122 e. The summed E-state index contributed by atoms with van der Waals surface area (Å²) in [5, 5.41) is 20.6. The van der Waals surface area contributed by atoms with Crippen molar-refractivity contribution in [2.45, 2.75) is 199 Å². The van der Waals surface area contributed by atoms with Crippen LogP contribution in [-0.2, 0) is 6.42 Å². The average molecular weight is 753 g/mol. The number of rotatable bonds is 27. The Bertz CT molecular complexity index is 1530. The van der Waals surface area contributed by atoms with Gasteiger partial charge in [0.15, 0.2) is 0 Å². The molecule has 1 rings (SSSR count). The predicted octanol–water partition coefficient (Wildman–Crippen LogP) is 17.1. The van der Waals surface area contributed by atoms with Crippen LogP contribution in [-0.4, -0.2) is 10.2 Å². The number of allylic oxidation sites excluding steroid dienone is 16. The third kappa shape index (κ3) is 24.8. The molecule has 2 nitrogen and oxygen atoms in total. The molecule has 0 fully saturated rings. The molecular formula is C53H84O2. The number of phenols is 2. The Morgan fingerprint density at radius 2 is 0.836 bits per heavy atom. The van der Waals surface area contributed by atoms with Crippen molar-refractivity contribution in [3.05, 3.63) is 116 Å². The van der Waals surface area contributed by atoms with Gasteiger partial charge in [-0.2, -0.15) is 0 Å². The lowest BCUT2D eigenvalue weighted by Gasteiger charge is -2.11.